The fourth-order valence-electron chi connectivity index (χ4n) is 2.43. The van der Waals surface area contributed by atoms with Gasteiger partial charge in [0.15, 0.2) is 0 Å². The Morgan fingerprint density at radius 1 is 1.17 bits per heavy atom. The molecule has 7 heteroatoms. The number of piperazine rings is 1. The van der Waals surface area contributed by atoms with Gasteiger partial charge in [0, 0.05) is 45.3 Å². The number of nitrogens with one attached hydrogen (secondary N) is 1. The van der Waals surface area contributed by atoms with Crippen molar-refractivity contribution in [2.75, 3.05) is 31.5 Å². The molecule has 1 fully saturated rings. The predicted octanol–water partition coefficient (Wildman–Crippen LogP) is 1.06. The van der Waals surface area contributed by atoms with E-state index in [2.05, 4.69) is 10.2 Å². The molecule has 1 aromatic rings. The van der Waals surface area contributed by atoms with Crippen LogP contribution in [0, 0.1) is 0 Å². The van der Waals surface area contributed by atoms with Crippen LogP contribution in [0.2, 0.25) is 0 Å². The molecule has 3 N–H and O–H groups in total. The van der Waals surface area contributed by atoms with Crippen molar-refractivity contribution in [1.29, 1.82) is 0 Å². The number of nitrogens with zero attached hydrogens (tertiary/aromatic N) is 2. The Morgan fingerprint density at radius 3 is 2.22 bits per heavy atom. The summed E-state index contributed by atoms with van der Waals surface area (Å²) in [5.41, 5.74) is 7.47. The SMILES string of the molecule is CC(=O)N1CCN(Cc2ccc(NC(=O)C(C)N)cc2)CC1.Cl. The van der Waals surface area contributed by atoms with Crippen molar-refractivity contribution in [2.45, 2.75) is 26.4 Å². The first-order valence-corrected chi connectivity index (χ1v) is 7.59. The highest BCUT2D eigenvalue weighted by Crippen LogP contribution is 2.13. The third-order valence-corrected chi connectivity index (χ3v) is 3.86. The fourth-order valence-corrected chi connectivity index (χ4v) is 2.43. The van der Waals surface area contributed by atoms with Crippen LogP contribution in [0.4, 0.5) is 5.69 Å². The van der Waals surface area contributed by atoms with Crippen molar-refractivity contribution in [2.24, 2.45) is 5.73 Å². The quantitative estimate of drug-likeness (QED) is 0.859. The molecule has 2 amide bonds. The van der Waals surface area contributed by atoms with Crippen LogP contribution in [0.15, 0.2) is 24.3 Å². The zero-order valence-electron chi connectivity index (χ0n) is 13.6. The topological polar surface area (TPSA) is 78.7 Å². The number of hydrogen-bond donors (Lipinski definition) is 2. The number of carbonyl (C=O) groups is 2. The van der Waals surface area contributed by atoms with E-state index in [0.29, 0.717) is 0 Å². The van der Waals surface area contributed by atoms with Gasteiger partial charge in [-0.15, -0.1) is 12.4 Å². The minimum absolute atomic E-state index is 0. The lowest BCUT2D eigenvalue weighted by Crippen LogP contribution is -2.47. The first-order chi connectivity index (χ1) is 10.5. The van der Waals surface area contributed by atoms with E-state index in [1.807, 2.05) is 29.2 Å². The molecule has 1 saturated heterocycles. The molecule has 1 aromatic carbocycles. The molecule has 1 heterocycles. The summed E-state index contributed by atoms with van der Waals surface area (Å²) in [6, 6.07) is 7.28. The van der Waals surface area contributed by atoms with E-state index in [1.54, 1.807) is 13.8 Å². The van der Waals surface area contributed by atoms with Gasteiger partial charge >= 0.3 is 0 Å². The van der Waals surface area contributed by atoms with Gasteiger partial charge in [-0.25, -0.2) is 0 Å². The van der Waals surface area contributed by atoms with Crippen LogP contribution < -0.4 is 11.1 Å². The van der Waals surface area contributed by atoms with Gasteiger partial charge < -0.3 is 16.0 Å². The van der Waals surface area contributed by atoms with Gasteiger partial charge in [-0.1, -0.05) is 12.1 Å². The molecular formula is C16H25ClN4O2. The third kappa shape index (κ3) is 5.82. The van der Waals surface area contributed by atoms with Crippen LogP contribution in [0.1, 0.15) is 19.4 Å². The van der Waals surface area contributed by atoms with Gasteiger partial charge in [0.2, 0.25) is 11.8 Å². The predicted molar refractivity (Wildman–Crippen MR) is 93.5 cm³/mol. The summed E-state index contributed by atoms with van der Waals surface area (Å²) in [4.78, 5) is 27.0. The summed E-state index contributed by atoms with van der Waals surface area (Å²) in [6.45, 7) is 7.49. The Balaban J connectivity index is 0.00000264. The number of halogens is 1. The highest BCUT2D eigenvalue weighted by molar-refractivity contribution is 5.94. The van der Waals surface area contributed by atoms with E-state index in [0.717, 1.165) is 38.4 Å². The molecule has 23 heavy (non-hydrogen) atoms. The summed E-state index contributed by atoms with van der Waals surface area (Å²) < 4.78 is 0. The summed E-state index contributed by atoms with van der Waals surface area (Å²) in [5, 5.41) is 2.77. The number of anilines is 1. The van der Waals surface area contributed by atoms with Gasteiger partial charge in [0.1, 0.15) is 0 Å². The largest absolute Gasteiger partial charge is 0.340 e. The maximum Gasteiger partial charge on any atom is 0.240 e. The number of carbonyl (C=O) groups excluding carboxylic acids is 2. The molecule has 0 spiro atoms. The average molecular weight is 341 g/mol. The first-order valence-electron chi connectivity index (χ1n) is 7.59. The van der Waals surface area contributed by atoms with Crippen molar-refractivity contribution >= 4 is 29.9 Å². The van der Waals surface area contributed by atoms with Crippen LogP contribution in [0.3, 0.4) is 0 Å². The molecule has 1 unspecified atom stereocenters. The van der Waals surface area contributed by atoms with Crippen molar-refractivity contribution in [1.82, 2.24) is 9.80 Å². The second-order valence-corrected chi connectivity index (χ2v) is 5.76. The normalized spacial score (nSPS) is 16.4. The van der Waals surface area contributed by atoms with Crippen LogP contribution in [0.5, 0.6) is 0 Å². The second kappa shape index (κ2) is 8.86. The van der Waals surface area contributed by atoms with Gasteiger partial charge in [-0.3, -0.25) is 14.5 Å². The van der Waals surface area contributed by atoms with E-state index in [1.165, 1.54) is 5.56 Å². The van der Waals surface area contributed by atoms with E-state index in [9.17, 15) is 9.59 Å². The first kappa shape index (κ1) is 19.4. The molecule has 1 atom stereocenters. The number of hydrogen-bond acceptors (Lipinski definition) is 4. The summed E-state index contributed by atoms with van der Waals surface area (Å²) >= 11 is 0. The number of benzene rings is 1. The number of nitrogens with two attached hydrogens (primary N) is 1. The lowest BCUT2D eigenvalue weighted by molar-refractivity contribution is -0.130. The maximum atomic E-state index is 11.5. The minimum Gasteiger partial charge on any atom is -0.340 e. The van der Waals surface area contributed by atoms with Crippen molar-refractivity contribution in [3.63, 3.8) is 0 Å². The van der Waals surface area contributed by atoms with Crippen molar-refractivity contribution in [3.8, 4) is 0 Å². The lowest BCUT2D eigenvalue weighted by atomic mass is 10.1. The summed E-state index contributed by atoms with van der Waals surface area (Å²) in [6.07, 6.45) is 0. The van der Waals surface area contributed by atoms with E-state index in [4.69, 9.17) is 5.73 Å². The van der Waals surface area contributed by atoms with Gasteiger partial charge in [0.05, 0.1) is 6.04 Å². The molecule has 6 nitrogen and oxygen atoms in total. The minimum atomic E-state index is -0.516. The molecule has 0 aliphatic carbocycles. The van der Waals surface area contributed by atoms with E-state index in [-0.39, 0.29) is 24.2 Å². The Kier molecular flexibility index (Phi) is 7.48. The monoisotopic (exact) mass is 340 g/mol. The highest BCUT2D eigenvalue weighted by Gasteiger charge is 2.18. The molecule has 128 valence electrons. The fraction of sp³-hybridized carbons (Fsp3) is 0.500. The number of rotatable bonds is 4. The summed E-state index contributed by atoms with van der Waals surface area (Å²) in [7, 11) is 0. The highest BCUT2D eigenvalue weighted by atomic mass is 35.5. The van der Waals surface area contributed by atoms with E-state index >= 15 is 0 Å². The molecule has 0 bridgehead atoms. The average Bonchev–Trinajstić information content (AvgIpc) is 2.49. The van der Waals surface area contributed by atoms with Gasteiger partial charge in [-0.2, -0.15) is 0 Å². The van der Waals surface area contributed by atoms with Gasteiger partial charge in [0.25, 0.3) is 0 Å². The Bertz CT molecular complexity index is 525. The van der Waals surface area contributed by atoms with Crippen LogP contribution in [-0.2, 0) is 16.1 Å². The van der Waals surface area contributed by atoms with Crippen LogP contribution >= 0.6 is 12.4 Å². The van der Waals surface area contributed by atoms with Gasteiger partial charge in [-0.05, 0) is 24.6 Å². The smallest absolute Gasteiger partial charge is 0.240 e. The summed E-state index contributed by atoms with van der Waals surface area (Å²) in [5.74, 6) is -0.0398. The van der Waals surface area contributed by atoms with Crippen LogP contribution in [-0.4, -0.2) is 53.8 Å². The maximum absolute atomic E-state index is 11.5. The molecule has 1 aliphatic heterocycles. The zero-order chi connectivity index (χ0) is 16.1. The Hall–Kier alpha value is -1.63. The second-order valence-electron chi connectivity index (χ2n) is 5.76. The molecule has 1 aliphatic rings. The molecular weight excluding hydrogens is 316 g/mol. The molecule has 0 radical (unpaired) electrons. The Morgan fingerprint density at radius 2 is 1.74 bits per heavy atom. The van der Waals surface area contributed by atoms with Crippen LogP contribution in [0.25, 0.3) is 0 Å². The van der Waals surface area contributed by atoms with Crippen molar-refractivity contribution in [3.05, 3.63) is 29.8 Å². The Labute approximate surface area is 143 Å². The third-order valence-electron chi connectivity index (χ3n) is 3.86. The molecule has 0 aromatic heterocycles. The standard InChI is InChI=1S/C16H24N4O2.ClH/c1-12(17)16(22)18-15-5-3-14(4-6-15)11-19-7-9-20(10-8-19)13(2)21;/h3-6,12H,7-11,17H2,1-2H3,(H,18,22);1H. The number of amides is 2. The zero-order valence-corrected chi connectivity index (χ0v) is 14.4. The lowest BCUT2D eigenvalue weighted by Gasteiger charge is -2.34. The molecule has 2 rings (SSSR count). The van der Waals surface area contributed by atoms with Crippen molar-refractivity contribution < 1.29 is 9.59 Å². The van der Waals surface area contributed by atoms with E-state index < -0.39 is 6.04 Å². The molecule has 0 saturated carbocycles.